The molecule has 266 valence electrons. The highest BCUT2D eigenvalue weighted by atomic mass is 79.9. The van der Waals surface area contributed by atoms with Crippen molar-refractivity contribution in [1.29, 1.82) is 0 Å². The Bertz CT molecular complexity index is 2540. The molecule has 4 N–H and O–H groups in total. The molecule has 10 heteroatoms. The number of aromatic amines is 2. The van der Waals surface area contributed by atoms with E-state index in [4.69, 9.17) is 9.97 Å². The van der Waals surface area contributed by atoms with E-state index in [2.05, 4.69) is 110 Å². The Balaban J connectivity index is 1.49. The molecule has 0 aliphatic carbocycles. The van der Waals surface area contributed by atoms with Crippen LogP contribution in [0.3, 0.4) is 0 Å². The van der Waals surface area contributed by atoms with Crippen molar-refractivity contribution in [2.45, 2.75) is 25.0 Å². The zero-order chi connectivity index (χ0) is 37.1. The first-order valence-corrected chi connectivity index (χ1v) is 20.6. The van der Waals surface area contributed by atoms with Gasteiger partial charge in [-0.15, -0.1) is 0 Å². The van der Waals surface area contributed by atoms with Crippen LogP contribution in [0.4, 0.5) is 0 Å². The summed E-state index contributed by atoms with van der Waals surface area (Å²) in [5.74, 6) is 0. The lowest BCUT2D eigenvalue weighted by atomic mass is 9.97. The first kappa shape index (κ1) is 35.5. The third-order valence-electron chi connectivity index (χ3n) is 10.0. The number of nitrogens with one attached hydrogen (secondary N) is 2. The summed E-state index contributed by atoms with van der Waals surface area (Å²) in [6.45, 7) is 0. The van der Waals surface area contributed by atoms with E-state index in [9.17, 15) is 10.2 Å². The summed E-state index contributed by atoms with van der Waals surface area (Å²) in [7, 11) is 0. The Kier molecular flexibility index (Phi) is 9.53. The monoisotopic (exact) mass is 962 g/mol. The van der Waals surface area contributed by atoms with Crippen molar-refractivity contribution in [2.24, 2.45) is 0 Å². The second-order valence-corrected chi connectivity index (χ2v) is 17.0. The number of halogens is 4. The highest BCUT2D eigenvalue weighted by Gasteiger charge is 2.34. The molecule has 6 nitrogen and oxygen atoms in total. The van der Waals surface area contributed by atoms with E-state index in [0.717, 1.165) is 97.6 Å². The van der Waals surface area contributed by atoms with Gasteiger partial charge in [-0.25, -0.2) is 0 Å². The van der Waals surface area contributed by atoms with Crippen LogP contribution in [0.15, 0.2) is 139 Å². The number of benzene rings is 4. The third kappa shape index (κ3) is 6.52. The molecule has 0 amide bonds. The van der Waals surface area contributed by atoms with Crippen molar-refractivity contribution in [3.8, 4) is 44.5 Å². The molecule has 54 heavy (non-hydrogen) atoms. The Morgan fingerprint density at radius 3 is 0.981 bits per heavy atom. The minimum absolute atomic E-state index is 0.378. The Morgan fingerprint density at radius 2 is 0.667 bits per heavy atom. The maximum Gasteiger partial charge on any atom is 0.128 e. The molecule has 0 spiro atoms. The molecule has 0 fully saturated rings. The summed E-state index contributed by atoms with van der Waals surface area (Å²) in [5, 5.41) is 23.9. The zero-order valence-electron chi connectivity index (χ0n) is 28.4. The van der Waals surface area contributed by atoms with Gasteiger partial charge in [0.1, 0.15) is 12.2 Å². The number of aromatic nitrogens is 4. The second kappa shape index (κ2) is 14.5. The summed E-state index contributed by atoms with van der Waals surface area (Å²) in [6, 6.07) is 40.7. The summed E-state index contributed by atoms with van der Waals surface area (Å²) in [4.78, 5) is 18.1. The van der Waals surface area contributed by atoms with E-state index >= 15 is 0 Å². The Morgan fingerprint density at radius 1 is 0.389 bits per heavy atom. The van der Waals surface area contributed by atoms with Gasteiger partial charge in [-0.05, 0) is 108 Å². The van der Waals surface area contributed by atoms with Gasteiger partial charge in [-0.3, -0.25) is 9.97 Å². The molecule has 7 aromatic rings. The Labute approximate surface area is 344 Å². The van der Waals surface area contributed by atoms with Gasteiger partial charge >= 0.3 is 0 Å². The van der Waals surface area contributed by atoms with Crippen LogP contribution in [0.1, 0.15) is 35.0 Å². The molecule has 9 rings (SSSR count). The van der Waals surface area contributed by atoms with Crippen molar-refractivity contribution in [1.82, 2.24) is 19.9 Å². The molecule has 4 aromatic carbocycles. The highest BCUT2D eigenvalue weighted by molar-refractivity contribution is 9.11. The van der Waals surface area contributed by atoms with Crippen molar-refractivity contribution in [3.05, 3.63) is 162 Å². The fourth-order valence-electron chi connectivity index (χ4n) is 7.52. The lowest BCUT2D eigenvalue weighted by molar-refractivity contribution is 0.0260. The fourth-order valence-corrected chi connectivity index (χ4v) is 8.58. The van der Waals surface area contributed by atoms with Crippen LogP contribution >= 0.6 is 63.7 Å². The van der Waals surface area contributed by atoms with E-state index in [1.807, 2.05) is 84.9 Å². The number of hydrogen-bond donors (Lipinski definition) is 4. The van der Waals surface area contributed by atoms with Crippen LogP contribution in [0.5, 0.6) is 0 Å². The van der Waals surface area contributed by atoms with Crippen LogP contribution in [0.25, 0.3) is 66.6 Å². The minimum Gasteiger partial charge on any atom is -0.384 e. The largest absolute Gasteiger partial charge is 0.384 e. The van der Waals surface area contributed by atoms with E-state index in [-0.39, 0.29) is 0 Å². The van der Waals surface area contributed by atoms with Crippen molar-refractivity contribution in [3.63, 3.8) is 0 Å². The lowest BCUT2D eigenvalue weighted by Crippen LogP contribution is -2.05. The predicted molar refractivity (Wildman–Crippen MR) is 231 cm³/mol. The quantitative estimate of drug-likeness (QED) is 0.141. The number of aliphatic hydroxyl groups excluding tert-OH is 2. The highest BCUT2D eigenvalue weighted by Crippen LogP contribution is 2.44. The van der Waals surface area contributed by atoms with E-state index in [1.165, 1.54) is 0 Å². The molecule has 2 aliphatic heterocycles. The van der Waals surface area contributed by atoms with Crippen LogP contribution in [0.2, 0.25) is 0 Å². The molecular formula is C44H30Br4N4O2. The van der Waals surface area contributed by atoms with Gasteiger partial charge < -0.3 is 20.2 Å². The molecule has 0 radical (unpaired) electrons. The fraction of sp³-hybridized carbons (Fsp3) is 0.0909. The van der Waals surface area contributed by atoms with E-state index in [0.29, 0.717) is 22.5 Å². The number of nitrogens with zero attached hydrogens (tertiary/aromatic N) is 2. The van der Waals surface area contributed by atoms with Gasteiger partial charge in [0, 0.05) is 62.2 Å². The van der Waals surface area contributed by atoms with Crippen LogP contribution in [-0.2, 0) is 12.8 Å². The van der Waals surface area contributed by atoms with Gasteiger partial charge in [0.05, 0.1) is 22.8 Å². The molecule has 8 bridgehead atoms. The summed E-state index contributed by atoms with van der Waals surface area (Å²) < 4.78 is 3.84. The van der Waals surface area contributed by atoms with Gasteiger partial charge in [-0.1, -0.05) is 112 Å². The second-order valence-electron chi connectivity index (χ2n) is 13.4. The number of H-pyrrole nitrogens is 2. The molecule has 2 atom stereocenters. The van der Waals surface area contributed by atoms with E-state index < -0.39 is 12.2 Å². The van der Waals surface area contributed by atoms with Crippen LogP contribution in [-0.4, -0.2) is 30.1 Å². The topological polar surface area (TPSA) is 97.8 Å². The maximum absolute atomic E-state index is 12.0. The number of aliphatic hydroxyl groups is 2. The normalized spacial score (nSPS) is 15.4. The first-order valence-electron chi connectivity index (χ1n) is 17.4. The predicted octanol–water partition coefficient (Wildman–Crippen LogP) is 12.6. The number of hydrogen-bond acceptors (Lipinski definition) is 4. The van der Waals surface area contributed by atoms with Gasteiger partial charge in [-0.2, -0.15) is 0 Å². The third-order valence-corrected chi connectivity index (χ3v) is 12.2. The Hall–Kier alpha value is -4.16. The van der Waals surface area contributed by atoms with Crippen molar-refractivity contribution >= 4 is 85.8 Å². The van der Waals surface area contributed by atoms with Gasteiger partial charge in [0.15, 0.2) is 0 Å². The van der Waals surface area contributed by atoms with Crippen molar-refractivity contribution in [2.75, 3.05) is 0 Å². The van der Waals surface area contributed by atoms with Crippen LogP contribution < -0.4 is 0 Å². The molecule has 3 aromatic heterocycles. The first-order chi connectivity index (χ1) is 26.2. The molecule has 5 heterocycles. The standard InChI is InChI=1S/C44H30Br4N4O2/c45-27-9-1-23(2-10-27)37-31-17-18-32(49-31)38(24-3-11-28(46)12-4-24)34-20-22-36(51-34)40(26-7-15-30(48)16-8-26)42-44(54)43(53)41(52-42)39(35-21-19-33(37)50-35)25-5-13-29(47)14-6-25/h1-16,19-22,43-44,50-51,53-54H,17-18H2/t43-,44+. The summed E-state index contributed by atoms with van der Waals surface area (Å²) in [6.07, 6.45) is -1.09. The average Bonchev–Trinajstić information content (AvgIpc) is 4.00. The average molecular weight is 966 g/mol. The minimum atomic E-state index is -1.29. The zero-order valence-corrected chi connectivity index (χ0v) is 34.8. The molecule has 0 saturated carbocycles. The maximum atomic E-state index is 12.0. The SMILES string of the molecule is O[C@@H]1c2nc(c(-c3ccc(Br)cc3)c3ccc([nH]3)c(-c3ccc(Br)cc3)c3nc(c(-c4ccc(Br)cc4)c4ccc([nH]4)c2-c2ccc(Br)cc2)CC3)[C@@H]1O. The number of fused-ring (bicyclic) bond motifs is 8. The molecule has 0 unspecified atom stereocenters. The van der Waals surface area contributed by atoms with Gasteiger partial charge in [0.25, 0.3) is 0 Å². The summed E-state index contributed by atoms with van der Waals surface area (Å²) >= 11 is 14.4. The number of aryl methyl sites for hydroxylation is 2. The van der Waals surface area contributed by atoms with E-state index in [1.54, 1.807) is 0 Å². The smallest absolute Gasteiger partial charge is 0.128 e. The lowest BCUT2D eigenvalue weighted by Gasteiger charge is -2.13. The summed E-state index contributed by atoms with van der Waals surface area (Å²) in [5.41, 5.74) is 13.2. The number of rotatable bonds is 4. The van der Waals surface area contributed by atoms with Crippen molar-refractivity contribution < 1.29 is 10.2 Å². The van der Waals surface area contributed by atoms with Crippen LogP contribution in [0, 0.1) is 0 Å². The van der Waals surface area contributed by atoms with Gasteiger partial charge in [0.2, 0.25) is 0 Å². The molecule has 2 aliphatic rings. The molecule has 0 saturated heterocycles. The molecular weight excluding hydrogens is 936 g/mol.